The number of para-hydroxylation sites is 1. The third kappa shape index (κ3) is 5.52. The standard InChI is InChI=1S/C25H22FN5O4S/c1-16(27-24(32)21-5-3-4-6-22(21)35-2)23-28-29-25(36-15-17-7-9-18(26)10-8-17)30(23)19-11-13-20(14-12-19)31(33)34/h3-14,16H,15H2,1-2H3,(H,27,32). The number of benzene rings is 3. The maximum Gasteiger partial charge on any atom is 0.269 e. The summed E-state index contributed by atoms with van der Waals surface area (Å²) in [5, 5.41) is 23.2. The number of nitro benzene ring substituents is 1. The number of rotatable bonds is 9. The van der Waals surface area contributed by atoms with Crippen LogP contribution in [0.4, 0.5) is 10.1 Å². The molecule has 1 amide bonds. The number of nitrogens with one attached hydrogen (secondary N) is 1. The number of nitro groups is 1. The van der Waals surface area contributed by atoms with Crippen LogP contribution in [-0.4, -0.2) is 32.7 Å². The predicted molar refractivity (Wildman–Crippen MR) is 133 cm³/mol. The van der Waals surface area contributed by atoms with E-state index in [1.54, 1.807) is 60.0 Å². The van der Waals surface area contributed by atoms with Crippen LogP contribution in [0.25, 0.3) is 5.69 Å². The van der Waals surface area contributed by atoms with Crippen molar-refractivity contribution in [1.29, 1.82) is 0 Å². The molecular formula is C25H22FN5O4S. The maximum absolute atomic E-state index is 13.3. The zero-order chi connectivity index (χ0) is 25.7. The number of aromatic nitrogens is 3. The van der Waals surface area contributed by atoms with Gasteiger partial charge in [-0.25, -0.2) is 4.39 Å². The molecule has 11 heteroatoms. The Morgan fingerprint density at radius 3 is 2.47 bits per heavy atom. The number of nitrogens with zero attached hydrogens (tertiary/aromatic N) is 4. The molecule has 0 aliphatic heterocycles. The number of halogens is 1. The van der Waals surface area contributed by atoms with E-state index in [0.29, 0.717) is 33.7 Å². The van der Waals surface area contributed by atoms with Gasteiger partial charge in [0.15, 0.2) is 11.0 Å². The van der Waals surface area contributed by atoms with Crippen LogP contribution in [0, 0.1) is 15.9 Å². The van der Waals surface area contributed by atoms with Gasteiger partial charge in [-0.2, -0.15) is 0 Å². The zero-order valence-electron chi connectivity index (χ0n) is 19.4. The van der Waals surface area contributed by atoms with Crippen molar-refractivity contribution < 1.29 is 18.8 Å². The molecule has 1 heterocycles. The number of hydrogen-bond acceptors (Lipinski definition) is 7. The quantitative estimate of drug-likeness (QED) is 0.190. The lowest BCUT2D eigenvalue weighted by atomic mass is 10.1. The second-order valence-electron chi connectivity index (χ2n) is 7.76. The van der Waals surface area contributed by atoms with Crippen molar-refractivity contribution in [2.75, 3.05) is 7.11 Å². The van der Waals surface area contributed by atoms with Gasteiger partial charge in [-0.05, 0) is 48.9 Å². The number of hydrogen-bond donors (Lipinski definition) is 1. The summed E-state index contributed by atoms with van der Waals surface area (Å²) >= 11 is 1.37. The molecule has 0 aliphatic rings. The Balaban J connectivity index is 1.65. The lowest BCUT2D eigenvalue weighted by Crippen LogP contribution is -2.29. The third-order valence-corrected chi connectivity index (χ3v) is 6.34. The van der Waals surface area contributed by atoms with E-state index in [9.17, 15) is 19.3 Å². The van der Waals surface area contributed by atoms with Crippen LogP contribution in [0.2, 0.25) is 0 Å². The molecule has 1 unspecified atom stereocenters. The van der Waals surface area contributed by atoms with Gasteiger partial charge in [0.25, 0.3) is 11.6 Å². The average Bonchev–Trinajstić information content (AvgIpc) is 3.32. The van der Waals surface area contributed by atoms with Crippen LogP contribution in [0.15, 0.2) is 78.0 Å². The number of methoxy groups -OCH3 is 1. The van der Waals surface area contributed by atoms with Crippen molar-refractivity contribution in [3.8, 4) is 11.4 Å². The summed E-state index contributed by atoms with van der Waals surface area (Å²) in [6.45, 7) is 1.77. The Labute approximate surface area is 210 Å². The second kappa shape index (κ2) is 11.0. The molecule has 4 aromatic rings. The minimum atomic E-state index is -0.565. The van der Waals surface area contributed by atoms with Crippen molar-refractivity contribution in [2.24, 2.45) is 0 Å². The molecule has 0 aliphatic carbocycles. The van der Waals surface area contributed by atoms with E-state index in [4.69, 9.17) is 4.74 Å². The van der Waals surface area contributed by atoms with Gasteiger partial charge in [0.2, 0.25) is 0 Å². The minimum Gasteiger partial charge on any atom is -0.496 e. The van der Waals surface area contributed by atoms with Crippen LogP contribution in [0.5, 0.6) is 5.75 Å². The highest BCUT2D eigenvalue weighted by Gasteiger charge is 2.23. The fraction of sp³-hybridized carbons (Fsp3) is 0.160. The fourth-order valence-electron chi connectivity index (χ4n) is 3.52. The highest BCUT2D eigenvalue weighted by atomic mass is 32.2. The van der Waals surface area contributed by atoms with Crippen LogP contribution >= 0.6 is 11.8 Å². The average molecular weight is 508 g/mol. The normalized spacial score (nSPS) is 11.6. The summed E-state index contributed by atoms with van der Waals surface area (Å²) in [4.78, 5) is 23.6. The number of amides is 1. The molecular weight excluding hydrogens is 485 g/mol. The van der Waals surface area contributed by atoms with Crippen molar-refractivity contribution in [1.82, 2.24) is 20.1 Å². The molecule has 0 fully saturated rings. The summed E-state index contributed by atoms with van der Waals surface area (Å²) in [5.74, 6) is 0.703. The lowest BCUT2D eigenvalue weighted by molar-refractivity contribution is -0.384. The molecule has 1 aromatic heterocycles. The molecule has 0 radical (unpaired) electrons. The molecule has 1 N–H and O–H groups in total. The van der Waals surface area contributed by atoms with Crippen LogP contribution in [-0.2, 0) is 5.75 Å². The number of thioether (sulfide) groups is 1. The maximum atomic E-state index is 13.3. The van der Waals surface area contributed by atoms with Crippen LogP contribution < -0.4 is 10.1 Å². The summed E-state index contributed by atoms with van der Waals surface area (Å²) in [5.41, 5.74) is 1.81. The van der Waals surface area contributed by atoms with Crippen LogP contribution in [0.1, 0.15) is 34.7 Å². The Morgan fingerprint density at radius 2 is 1.81 bits per heavy atom. The Hall–Kier alpha value is -4.25. The van der Waals surface area contributed by atoms with Crippen molar-refractivity contribution in [3.05, 3.63) is 106 Å². The molecule has 0 spiro atoms. The first-order chi connectivity index (χ1) is 17.4. The highest BCUT2D eigenvalue weighted by Crippen LogP contribution is 2.29. The van der Waals surface area contributed by atoms with Gasteiger partial charge in [-0.1, -0.05) is 36.0 Å². The van der Waals surface area contributed by atoms with Gasteiger partial charge in [0.05, 0.1) is 23.6 Å². The Bertz CT molecular complexity index is 1380. The number of carbonyl (C=O) groups excluding carboxylic acids is 1. The van der Waals surface area contributed by atoms with Gasteiger partial charge in [0, 0.05) is 23.6 Å². The monoisotopic (exact) mass is 507 g/mol. The van der Waals surface area contributed by atoms with E-state index >= 15 is 0 Å². The molecule has 1 atom stereocenters. The molecule has 9 nitrogen and oxygen atoms in total. The minimum absolute atomic E-state index is 0.0496. The first-order valence-electron chi connectivity index (χ1n) is 10.9. The second-order valence-corrected chi connectivity index (χ2v) is 8.70. The van der Waals surface area contributed by atoms with Gasteiger partial charge in [-0.3, -0.25) is 19.5 Å². The summed E-state index contributed by atoms with van der Waals surface area (Å²) in [6.07, 6.45) is 0. The smallest absolute Gasteiger partial charge is 0.269 e. The molecule has 36 heavy (non-hydrogen) atoms. The van der Waals surface area contributed by atoms with Gasteiger partial charge in [-0.15, -0.1) is 10.2 Å². The first kappa shape index (κ1) is 24.9. The molecule has 0 saturated carbocycles. The van der Waals surface area contributed by atoms with E-state index in [0.717, 1.165) is 5.56 Å². The zero-order valence-corrected chi connectivity index (χ0v) is 20.2. The molecule has 4 rings (SSSR count). The van der Waals surface area contributed by atoms with Crippen molar-refractivity contribution >= 4 is 23.4 Å². The topological polar surface area (TPSA) is 112 Å². The van der Waals surface area contributed by atoms with Crippen molar-refractivity contribution in [3.63, 3.8) is 0 Å². The Morgan fingerprint density at radius 1 is 1.11 bits per heavy atom. The SMILES string of the molecule is COc1ccccc1C(=O)NC(C)c1nnc(SCc2ccc(F)cc2)n1-c1ccc([N+](=O)[O-])cc1. The summed E-state index contributed by atoms with van der Waals surface area (Å²) in [6, 6.07) is 18.4. The van der Waals surface area contributed by atoms with E-state index in [1.165, 1.54) is 43.1 Å². The van der Waals surface area contributed by atoms with E-state index in [-0.39, 0.29) is 17.4 Å². The molecule has 0 saturated heterocycles. The van der Waals surface area contributed by atoms with E-state index in [1.807, 2.05) is 0 Å². The summed E-state index contributed by atoms with van der Waals surface area (Å²) < 4.78 is 20.3. The van der Waals surface area contributed by atoms with E-state index in [2.05, 4.69) is 15.5 Å². The highest BCUT2D eigenvalue weighted by molar-refractivity contribution is 7.98. The van der Waals surface area contributed by atoms with Gasteiger partial charge in [0.1, 0.15) is 11.6 Å². The number of ether oxygens (including phenoxy) is 1. The third-order valence-electron chi connectivity index (χ3n) is 5.34. The number of carbonyl (C=O) groups is 1. The van der Waals surface area contributed by atoms with Crippen molar-refractivity contribution in [2.45, 2.75) is 23.9 Å². The van der Waals surface area contributed by atoms with Gasteiger partial charge < -0.3 is 10.1 Å². The Kier molecular flexibility index (Phi) is 7.59. The fourth-order valence-corrected chi connectivity index (χ4v) is 4.44. The first-order valence-corrected chi connectivity index (χ1v) is 11.9. The van der Waals surface area contributed by atoms with E-state index < -0.39 is 11.0 Å². The lowest BCUT2D eigenvalue weighted by Gasteiger charge is -2.17. The predicted octanol–water partition coefficient (Wildman–Crippen LogP) is 5.11. The van der Waals surface area contributed by atoms with Gasteiger partial charge >= 0.3 is 0 Å². The summed E-state index contributed by atoms with van der Waals surface area (Å²) in [7, 11) is 1.49. The molecule has 3 aromatic carbocycles. The number of non-ortho nitro benzene ring substituents is 1. The molecule has 184 valence electrons. The molecule has 0 bridgehead atoms. The van der Waals surface area contributed by atoms with Crippen LogP contribution in [0.3, 0.4) is 0 Å². The largest absolute Gasteiger partial charge is 0.496 e.